The van der Waals surface area contributed by atoms with Crippen molar-refractivity contribution in [1.82, 2.24) is 10.2 Å². The van der Waals surface area contributed by atoms with Crippen LogP contribution < -0.4 is 5.32 Å². The molecule has 2 aromatic rings. The van der Waals surface area contributed by atoms with Gasteiger partial charge < -0.3 is 10.2 Å². The van der Waals surface area contributed by atoms with Crippen molar-refractivity contribution in [2.24, 2.45) is 0 Å². The van der Waals surface area contributed by atoms with Crippen LogP contribution in [0.4, 0.5) is 4.39 Å². The number of halogens is 1. The van der Waals surface area contributed by atoms with Gasteiger partial charge in [-0.15, -0.1) is 11.3 Å². The molecule has 2 nitrogen and oxygen atoms in total. The molecule has 1 unspecified atom stereocenters. The Hall–Kier alpha value is -1.23. The molecule has 2 rings (SSSR count). The third-order valence-corrected chi connectivity index (χ3v) is 4.37. The molecule has 20 heavy (non-hydrogen) atoms. The molecular formula is C16H21FN2S. The highest BCUT2D eigenvalue weighted by molar-refractivity contribution is 7.10. The van der Waals surface area contributed by atoms with E-state index in [1.807, 2.05) is 19.2 Å². The monoisotopic (exact) mass is 292 g/mol. The van der Waals surface area contributed by atoms with Crippen LogP contribution in [0.15, 0.2) is 41.8 Å². The summed E-state index contributed by atoms with van der Waals surface area (Å²) >= 11 is 1.77. The molecule has 0 fully saturated rings. The van der Waals surface area contributed by atoms with Gasteiger partial charge in [0.1, 0.15) is 5.82 Å². The lowest BCUT2D eigenvalue weighted by atomic mass is 10.2. The first-order chi connectivity index (χ1) is 9.66. The molecule has 1 heterocycles. The number of thiophene rings is 1. The van der Waals surface area contributed by atoms with Gasteiger partial charge in [0.2, 0.25) is 0 Å². The minimum Gasteiger partial charge on any atom is -0.308 e. The Morgan fingerprint density at radius 3 is 2.75 bits per heavy atom. The van der Waals surface area contributed by atoms with Crippen LogP contribution in [0.3, 0.4) is 0 Å². The van der Waals surface area contributed by atoms with E-state index in [1.165, 1.54) is 10.9 Å². The molecule has 0 amide bonds. The molecule has 0 aliphatic heterocycles. The SMILES string of the molecule is CC(NCCN(C)Cc1ccccc1F)c1cccs1. The van der Waals surface area contributed by atoms with Gasteiger partial charge >= 0.3 is 0 Å². The van der Waals surface area contributed by atoms with E-state index in [1.54, 1.807) is 17.4 Å². The molecule has 0 radical (unpaired) electrons. The van der Waals surface area contributed by atoms with Crippen molar-refractivity contribution in [3.05, 3.63) is 58.0 Å². The predicted octanol–water partition coefficient (Wildman–Crippen LogP) is 3.67. The maximum absolute atomic E-state index is 13.5. The average molecular weight is 292 g/mol. The van der Waals surface area contributed by atoms with E-state index in [2.05, 4.69) is 34.7 Å². The molecule has 0 spiro atoms. The van der Waals surface area contributed by atoms with Crippen molar-refractivity contribution < 1.29 is 4.39 Å². The summed E-state index contributed by atoms with van der Waals surface area (Å²) in [7, 11) is 2.02. The van der Waals surface area contributed by atoms with Crippen molar-refractivity contribution in [1.29, 1.82) is 0 Å². The summed E-state index contributed by atoms with van der Waals surface area (Å²) in [6, 6.07) is 11.5. The molecule has 0 aliphatic rings. The lowest BCUT2D eigenvalue weighted by Gasteiger charge is -2.19. The second-order valence-corrected chi connectivity index (χ2v) is 6.00. The van der Waals surface area contributed by atoms with Gasteiger partial charge in [0.05, 0.1) is 0 Å². The molecule has 0 aliphatic carbocycles. The van der Waals surface area contributed by atoms with Gasteiger partial charge in [-0.1, -0.05) is 24.3 Å². The Labute approximate surface area is 124 Å². The van der Waals surface area contributed by atoms with Crippen LogP contribution >= 0.6 is 11.3 Å². The van der Waals surface area contributed by atoms with Crippen molar-refractivity contribution in [2.75, 3.05) is 20.1 Å². The van der Waals surface area contributed by atoms with Gasteiger partial charge in [0.25, 0.3) is 0 Å². The maximum Gasteiger partial charge on any atom is 0.127 e. The van der Waals surface area contributed by atoms with E-state index in [4.69, 9.17) is 0 Å². The summed E-state index contributed by atoms with van der Waals surface area (Å²) in [5.74, 6) is -0.126. The van der Waals surface area contributed by atoms with Crippen LogP contribution in [0.1, 0.15) is 23.4 Å². The van der Waals surface area contributed by atoms with Crippen molar-refractivity contribution >= 4 is 11.3 Å². The Balaban J connectivity index is 1.73. The molecule has 1 aromatic carbocycles. The Bertz CT molecular complexity index is 513. The van der Waals surface area contributed by atoms with Gasteiger partial charge in [-0.25, -0.2) is 4.39 Å². The maximum atomic E-state index is 13.5. The molecule has 1 atom stereocenters. The fourth-order valence-corrected chi connectivity index (χ4v) is 2.87. The molecule has 0 saturated heterocycles. The summed E-state index contributed by atoms with van der Waals surface area (Å²) in [6.07, 6.45) is 0. The molecule has 1 aromatic heterocycles. The largest absolute Gasteiger partial charge is 0.308 e. The summed E-state index contributed by atoms with van der Waals surface area (Å²) in [5.41, 5.74) is 0.751. The minimum atomic E-state index is -0.126. The van der Waals surface area contributed by atoms with E-state index in [9.17, 15) is 4.39 Å². The number of benzene rings is 1. The van der Waals surface area contributed by atoms with Crippen molar-refractivity contribution in [3.8, 4) is 0 Å². The normalized spacial score (nSPS) is 12.8. The fraction of sp³-hybridized carbons (Fsp3) is 0.375. The van der Waals surface area contributed by atoms with E-state index >= 15 is 0 Å². The highest BCUT2D eigenvalue weighted by Gasteiger charge is 2.07. The highest BCUT2D eigenvalue weighted by atomic mass is 32.1. The van der Waals surface area contributed by atoms with Gasteiger partial charge in [-0.2, -0.15) is 0 Å². The Kier molecular flexibility index (Phi) is 5.71. The number of likely N-dealkylation sites (N-methyl/N-ethyl adjacent to an activating group) is 1. The van der Waals surface area contributed by atoms with Gasteiger partial charge in [0, 0.05) is 36.1 Å². The van der Waals surface area contributed by atoms with Crippen molar-refractivity contribution in [2.45, 2.75) is 19.5 Å². The zero-order chi connectivity index (χ0) is 14.4. The number of nitrogens with one attached hydrogen (secondary N) is 1. The molecule has 1 N–H and O–H groups in total. The predicted molar refractivity (Wildman–Crippen MR) is 83.5 cm³/mol. The van der Waals surface area contributed by atoms with Crippen LogP contribution in [0, 0.1) is 5.82 Å². The van der Waals surface area contributed by atoms with Crippen LogP contribution in [0.25, 0.3) is 0 Å². The van der Waals surface area contributed by atoms with Crippen LogP contribution in [-0.2, 0) is 6.54 Å². The number of hydrogen-bond donors (Lipinski definition) is 1. The van der Waals surface area contributed by atoms with E-state index in [-0.39, 0.29) is 5.82 Å². The molecule has 0 saturated carbocycles. The Morgan fingerprint density at radius 2 is 2.05 bits per heavy atom. The summed E-state index contributed by atoms with van der Waals surface area (Å²) < 4.78 is 13.5. The zero-order valence-corrected chi connectivity index (χ0v) is 12.8. The van der Waals surface area contributed by atoms with Gasteiger partial charge in [-0.05, 0) is 31.5 Å². The molecule has 0 bridgehead atoms. The number of hydrogen-bond acceptors (Lipinski definition) is 3. The van der Waals surface area contributed by atoms with E-state index < -0.39 is 0 Å². The smallest absolute Gasteiger partial charge is 0.127 e. The highest BCUT2D eigenvalue weighted by Crippen LogP contribution is 2.17. The quantitative estimate of drug-likeness (QED) is 0.837. The van der Waals surface area contributed by atoms with Gasteiger partial charge in [-0.3, -0.25) is 0 Å². The second-order valence-electron chi connectivity index (χ2n) is 5.02. The summed E-state index contributed by atoms with van der Waals surface area (Å²) in [4.78, 5) is 3.48. The lowest BCUT2D eigenvalue weighted by Crippen LogP contribution is -2.30. The first-order valence-electron chi connectivity index (χ1n) is 6.85. The van der Waals surface area contributed by atoms with Gasteiger partial charge in [0.15, 0.2) is 0 Å². The van der Waals surface area contributed by atoms with Crippen LogP contribution in [0.5, 0.6) is 0 Å². The second kappa shape index (κ2) is 7.53. The average Bonchev–Trinajstić information content (AvgIpc) is 2.95. The Morgan fingerprint density at radius 1 is 1.25 bits per heavy atom. The summed E-state index contributed by atoms with van der Waals surface area (Å²) in [6.45, 7) is 4.60. The molecule has 108 valence electrons. The lowest BCUT2D eigenvalue weighted by molar-refractivity contribution is 0.314. The first kappa shape index (κ1) is 15.2. The molecular weight excluding hydrogens is 271 g/mol. The van der Waals surface area contributed by atoms with Crippen LogP contribution in [0.2, 0.25) is 0 Å². The minimum absolute atomic E-state index is 0.126. The topological polar surface area (TPSA) is 15.3 Å². The van der Waals surface area contributed by atoms with E-state index in [0.717, 1.165) is 18.7 Å². The third kappa shape index (κ3) is 4.40. The van der Waals surface area contributed by atoms with E-state index in [0.29, 0.717) is 12.6 Å². The first-order valence-corrected chi connectivity index (χ1v) is 7.73. The number of nitrogens with zero attached hydrogens (tertiary/aromatic N) is 1. The fourth-order valence-electron chi connectivity index (χ4n) is 2.11. The van der Waals surface area contributed by atoms with Crippen molar-refractivity contribution in [3.63, 3.8) is 0 Å². The zero-order valence-electron chi connectivity index (χ0n) is 12.0. The van der Waals surface area contributed by atoms with Crippen LogP contribution in [-0.4, -0.2) is 25.0 Å². The molecule has 4 heteroatoms. The third-order valence-electron chi connectivity index (χ3n) is 3.31. The summed E-state index contributed by atoms with van der Waals surface area (Å²) in [5, 5.41) is 5.59. The standard InChI is InChI=1S/C16H21FN2S/c1-13(16-8-5-11-20-16)18-9-10-19(2)12-14-6-3-4-7-15(14)17/h3-8,11,13,18H,9-10,12H2,1-2H3. The number of rotatable bonds is 7.